The zero-order valence-electron chi connectivity index (χ0n) is 18.7. The second kappa shape index (κ2) is 12.8. The molecule has 0 unspecified atom stereocenters. The topological polar surface area (TPSA) is 55.4 Å². The lowest BCUT2D eigenvalue weighted by Crippen LogP contribution is -2.21. The van der Waals surface area contributed by atoms with Crippen molar-refractivity contribution in [1.29, 1.82) is 0 Å². The van der Waals surface area contributed by atoms with Crippen LogP contribution in [0.15, 0.2) is 48.5 Å². The molecule has 4 aliphatic rings. The molecule has 0 aromatic heterocycles. The van der Waals surface area contributed by atoms with Crippen molar-refractivity contribution >= 4 is 0 Å². The smallest absolute Gasteiger partial charge is 0.119 e. The van der Waals surface area contributed by atoms with Crippen molar-refractivity contribution in [2.24, 2.45) is 0 Å². The van der Waals surface area contributed by atoms with Crippen LogP contribution in [0.4, 0.5) is 0 Å². The highest BCUT2D eigenvalue weighted by molar-refractivity contribution is 5.37. The second-order valence-electron chi connectivity index (χ2n) is 8.07. The molecule has 2 atom stereocenters. The van der Waals surface area contributed by atoms with Crippen LogP contribution in [0, 0.1) is 0 Å². The molecular weight excluding hydrogens is 408 g/mol. The van der Waals surface area contributed by atoms with Crippen molar-refractivity contribution in [1.82, 2.24) is 0 Å². The summed E-state index contributed by atoms with van der Waals surface area (Å²) in [4.78, 5) is 0. The maximum Gasteiger partial charge on any atom is 0.119 e. The van der Waals surface area contributed by atoms with Crippen LogP contribution in [0.3, 0.4) is 0 Å². The maximum absolute atomic E-state index is 5.81. The first kappa shape index (κ1) is 23.1. The molecule has 2 aromatic carbocycles. The Kier molecular flexibility index (Phi) is 9.22. The van der Waals surface area contributed by atoms with E-state index >= 15 is 0 Å². The summed E-state index contributed by atoms with van der Waals surface area (Å²) in [5.41, 5.74) is 2.76. The lowest BCUT2D eigenvalue weighted by molar-refractivity contribution is -0.00699. The van der Waals surface area contributed by atoms with Crippen molar-refractivity contribution in [2.45, 2.75) is 24.7 Å². The van der Waals surface area contributed by atoms with Gasteiger partial charge in [-0.3, -0.25) is 0 Å². The van der Waals surface area contributed by atoms with Crippen molar-refractivity contribution < 1.29 is 28.4 Å². The first-order valence-electron chi connectivity index (χ1n) is 11.7. The Bertz CT molecular complexity index is 708. The van der Waals surface area contributed by atoms with E-state index in [0.29, 0.717) is 77.9 Å². The van der Waals surface area contributed by atoms with E-state index in [9.17, 15) is 0 Å². The first-order valence-corrected chi connectivity index (χ1v) is 11.7. The van der Waals surface area contributed by atoms with Gasteiger partial charge < -0.3 is 28.4 Å². The highest BCUT2D eigenvalue weighted by atomic mass is 16.6. The molecule has 1 aliphatic carbocycles. The summed E-state index contributed by atoms with van der Waals surface area (Å²) in [7, 11) is 0. The molecule has 6 heteroatoms. The Labute approximate surface area is 190 Å². The summed E-state index contributed by atoms with van der Waals surface area (Å²) in [6.45, 7) is 5.45. The van der Waals surface area contributed by atoms with Crippen LogP contribution < -0.4 is 9.47 Å². The highest BCUT2D eigenvalue weighted by Crippen LogP contribution is 2.49. The lowest BCUT2D eigenvalue weighted by Gasteiger charge is -2.37. The van der Waals surface area contributed by atoms with Gasteiger partial charge in [-0.15, -0.1) is 0 Å². The fourth-order valence-corrected chi connectivity index (χ4v) is 4.12. The van der Waals surface area contributed by atoms with E-state index in [1.54, 1.807) is 0 Å². The third kappa shape index (κ3) is 6.94. The summed E-state index contributed by atoms with van der Waals surface area (Å²) < 4.78 is 33.7. The van der Waals surface area contributed by atoms with Crippen LogP contribution in [0.2, 0.25) is 0 Å². The van der Waals surface area contributed by atoms with Crippen molar-refractivity contribution in [3.05, 3.63) is 59.7 Å². The Hall–Kier alpha value is -2.12. The normalized spacial score (nSPS) is 24.0. The van der Waals surface area contributed by atoms with Crippen LogP contribution in [0.1, 0.15) is 35.8 Å². The summed E-state index contributed by atoms with van der Waals surface area (Å²) in [5, 5.41) is 0. The summed E-state index contributed by atoms with van der Waals surface area (Å²) in [6, 6.07) is 17.1. The Morgan fingerprint density at radius 2 is 0.719 bits per heavy atom. The van der Waals surface area contributed by atoms with E-state index in [1.165, 1.54) is 24.0 Å². The van der Waals surface area contributed by atoms with E-state index in [4.69, 9.17) is 28.4 Å². The fourth-order valence-electron chi connectivity index (χ4n) is 4.12. The van der Waals surface area contributed by atoms with Crippen LogP contribution in [-0.4, -0.2) is 66.1 Å². The van der Waals surface area contributed by atoms with E-state index < -0.39 is 0 Å². The predicted molar refractivity (Wildman–Crippen MR) is 122 cm³/mol. The van der Waals surface area contributed by atoms with Gasteiger partial charge in [0.15, 0.2) is 0 Å². The summed E-state index contributed by atoms with van der Waals surface area (Å²) in [5.74, 6) is 2.89. The number of benzene rings is 2. The first-order chi connectivity index (χ1) is 15.9. The highest BCUT2D eigenvalue weighted by Gasteiger charge is 2.33. The molecule has 2 aromatic rings. The van der Waals surface area contributed by atoms with Crippen LogP contribution in [-0.2, 0) is 18.9 Å². The minimum atomic E-state index is 0.531. The number of hydrogen-bond acceptors (Lipinski definition) is 6. The molecule has 3 heterocycles. The van der Waals surface area contributed by atoms with Gasteiger partial charge in [-0.25, -0.2) is 0 Å². The predicted octanol–water partition coefficient (Wildman–Crippen LogP) is 4.19. The number of hydrogen-bond donors (Lipinski definition) is 0. The molecule has 1 fully saturated rings. The maximum atomic E-state index is 5.81. The van der Waals surface area contributed by atoms with Crippen molar-refractivity contribution in [3.63, 3.8) is 0 Å². The third-order valence-corrected chi connectivity index (χ3v) is 6.00. The van der Waals surface area contributed by atoms with Crippen LogP contribution >= 0.6 is 0 Å². The van der Waals surface area contributed by atoms with E-state index in [-0.39, 0.29) is 0 Å². The Morgan fingerprint density at radius 1 is 0.406 bits per heavy atom. The minimum absolute atomic E-state index is 0.531. The SMILES string of the molecule is c1cc2ccc1OCCOCCOCCOCCOCCOc1ccc(cc1)[C@@H]1CC[C@H]21. The standard InChI is InChI=1S/C26H34O6/c1-5-23-6-2-21(1)25-9-10-26(25)22-3-7-24(8-4-22)32-20-18-30-16-14-28-12-11-27-13-15-29-17-19-31-23/h1-8,25-26H,9-20H2/t25-,26+. The van der Waals surface area contributed by atoms with Gasteiger partial charge in [-0.1, -0.05) is 24.3 Å². The van der Waals surface area contributed by atoms with Crippen molar-refractivity contribution in [3.8, 4) is 11.5 Å². The summed E-state index contributed by atoms with van der Waals surface area (Å²) >= 11 is 0. The molecule has 6 rings (SSSR count). The molecule has 6 nitrogen and oxygen atoms in total. The largest absolute Gasteiger partial charge is 0.491 e. The molecule has 4 bridgehead atoms. The van der Waals surface area contributed by atoms with Gasteiger partial charge in [-0.2, -0.15) is 0 Å². The van der Waals surface area contributed by atoms with Gasteiger partial charge in [0.1, 0.15) is 24.7 Å². The van der Waals surface area contributed by atoms with Gasteiger partial charge in [0.2, 0.25) is 0 Å². The second-order valence-corrected chi connectivity index (χ2v) is 8.07. The monoisotopic (exact) mass is 442 g/mol. The average Bonchev–Trinajstić information content (AvgIpc) is 2.79. The minimum Gasteiger partial charge on any atom is -0.491 e. The molecule has 32 heavy (non-hydrogen) atoms. The molecular formula is C26H34O6. The molecule has 0 radical (unpaired) electrons. The number of fused-ring (bicyclic) bond motifs is 2. The van der Waals surface area contributed by atoms with Crippen molar-refractivity contribution in [2.75, 3.05) is 66.1 Å². The molecule has 0 saturated heterocycles. The molecule has 0 spiro atoms. The quantitative estimate of drug-likeness (QED) is 0.610. The number of ether oxygens (including phenoxy) is 6. The fraction of sp³-hybridized carbons (Fsp3) is 0.538. The molecule has 3 aliphatic heterocycles. The van der Waals surface area contributed by atoms with Gasteiger partial charge >= 0.3 is 0 Å². The van der Waals surface area contributed by atoms with Crippen LogP contribution in [0.5, 0.6) is 11.5 Å². The van der Waals surface area contributed by atoms with Gasteiger partial charge in [0.25, 0.3) is 0 Å². The zero-order valence-corrected chi connectivity index (χ0v) is 18.7. The third-order valence-electron chi connectivity index (χ3n) is 6.00. The van der Waals surface area contributed by atoms with Gasteiger partial charge in [0.05, 0.1) is 52.9 Å². The molecule has 0 N–H and O–H groups in total. The average molecular weight is 443 g/mol. The summed E-state index contributed by atoms with van der Waals surface area (Å²) in [6.07, 6.45) is 2.44. The molecule has 174 valence electrons. The van der Waals surface area contributed by atoms with E-state index in [1.807, 2.05) is 0 Å². The molecule has 1 saturated carbocycles. The Balaban J connectivity index is 1.32. The van der Waals surface area contributed by atoms with Gasteiger partial charge in [-0.05, 0) is 60.1 Å². The Morgan fingerprint density at radius 3 is 1.03 bits per heavy atom. The van der Waals surface area contributed by atoms with E-state index in [0.717, 1.165) is 11.5 Å². The van der Waals surface area contributed by atoms with Gasteiger partial charge in [0, 0.05) is 0 Å². The lowest BCUT2D eigenvalue weighted by atomic mass is 9.67. The van der Waals surface area contributed by atoms with E-state index in [2.05, 4.69) is 48.5 Å². The van der Waals surface area contributed by atoms with Crippen LogP contribution in [0.25, 0.3) is 0 Å². The zero-order chi connectivity index (χ0) is 21.8. The molecule has 0 amide bonds. The number of rotatable bonds is 0.